The Balaban J connectivity index is 1.75. The maximum absolute atomic E-state index is 5.18. The van der Waals surface area contributed by atoms with Gasteiger partial charge in [-0.05, 0) is 44.0 Å². The molecule has 1 saturated heterocycles. The van der Waals surface area contributed by atoms with Crippen LogP contribution >= 0.6 is 0 Å². The lowest BCUT2D eigenvalue weighted by atomic mass is 10.1. The van der Waals surface area contributed by atoms with Crippen LogP contribution in [-0.4, -0.2) is 26.7 Å². The van der Waals surface area contributed by atoms with Crippen molar-refractivity contribution in [3.8, 4) is 5.75 Å². The predicted octanol–water partition coefficient (Wildman–Crippen LogP) is 2.11. The number of benzene rings is 1. The molecule has 1 fully saturated rings. The molecule has 0 saturated carbocycles. The summed E-state index contributed by atoms with van der Waals surface area (Å²) >= 11 is 0. The largest absolute Gasteiger partial charge is 0.497 e. The first kappa shape index (κ1) is 11.3. The summed E-state index contributed by atoms with van der Waals surface area (Å²) < 4.78 is 5.18. The maximum atomic E-state index is 5.18. The summed E-state index contributed by atoms with van der Waals surface area (Å²) in [7, 11) is 1.70. The maximum Gasteiger partial charge on any atom is 0.120 e. The Morgan fingerprint density at radius 3 is 3.19 bits per heavy atom. The van der Waals surface area contributed by atoms with Gasteiger partial charge in [0.05, 0.1) is 7.11 Å². The Hall–Kier alpha value is -1.22. The molecule has 16 heavy (non-hydrogen) atoms. The molecule has 3 nitrogen and oxygen atoms in total. The van der Waals surface area contributed by atoms with Gasteiger partial charge in [-0.2, -0.15) is 0 Å². The average molecular weight is 220 g/mol. The van der Waals surface area contributed by atoms with E-state index in [4.69, 9.17) is 4.74 Å². The highest BCUT2D eigenvalue weighted by Crippen LogP contribution is 2.17. The van der Waals surface area contributed by atoms with E-state index in [1.54, 1.807) is 7.11 Å². The monoisotopic (exact) mass is 220 g/mol. The fourth-order valence-corrected chi connectivity index (χ4v) is 2.11. The van der Waals surface area contributed by atoms with Gasteiger partial charge in [0, 0.05) is 18.3 Å². The molecule has 0 bridgehead atoms. The van der Waals surface area contributed by atoms with Crippen molar-refractivity contribution >= 4 is 5.69 Å². The summed E-state index contributed by atoms with van der Waals surface area (Å²) in [5.41, 5.74) is 1.14. The summed E-state index contributed by atoms with van der Waals surface area (Å²) in [5.74, 6) is 1.76. The smallest absolute Gasteiger partial charge is 0.120 e. The second-order valence-corrected chi connectivity index (χ2v) is 4.31. The Labute approximate surface area is 97.2 Å². The van der Waals surface area contributed by atoms with Crippen molar-refractivity contribution in [2.75, 3.05) is 32.1 Å². The van der Waals surface area contributed by atoms with E-state index >= 15 is 0 Å². The first-order valence-corrected chi connectivity index (χ1v) is 5.97. The highest BCUT2D eigenvalue weighted by atomic mass is 16.5. The van der Waals surface area contributed by atoms with E-state index < -0.39 is 0 Å². The zero-order chi connectivity index (χ0) is 11.2. The lowest BCUT2D eigenvalue weighted by Crippen LogP contribution is -2.12. The van der Waals surface area contributed by atoms with Crippen LogP contribution in [0, 0.1) is 5.92 Å². The molecule has 0 amide bonds. The highest BCUT2D eigenvalue weighted by molar-refractivity contribution is 5.47. The first-order valence-electron chi connectivity index (χ1n) is 5.97. The molecule has 1 aromatic carbocycles. The number of ether oxygens (including phenoxy) is 1. The van der Waals surface area contributed by atoms with Crippen molar-refractivity contribution in [3.63, 3.8) is 0 Å². The molecule has 0 aromatic heterocycles. The van der Waals surface area contributed by atoms with Crippen LogP contribution in [0.3, 0.4) is 0 Å². The van der Waals surface area contributed by atoms with E-state index in [9.17, 15) is 0 Å². The normalized spacial score (nSPS) is 19.7. The summed E-state index contributed by atoms with van der Waals surface area (Å²) in [6.07, 6.45) is 2.56. The van der Waals surface area contributed by atoms with Gasteiger partial charge in [-0.25, -0.2) is 0 Å². The van der Waals surface area contributed by atoms with Crippen LogP contribution in [0.5, 0.6) is 5.75 Å². The first-order chi connectivity index (χ1) is 7.88. The summed E-state index contributed by atoms with van der Waals surface area (Å²) in [6.45, 7) is 3.41. The van der Waals surface area contributed by atoms with Gasteiger partial charge in [-0.15, -0.1) is 0 Å². The summed E-state index contributed by atoms with van der Waals surface area (Å²) in [6, 6.07) is 8.09. The Morgan fingerprint density at radius 2 is 2.44 bits per heavy atom. The van der Waals surface area contributed by atoms with Gasteiger partial charge >= 0.3 is 0 Å². The minimum Gasteiger partial charge on any atom is -0.497 e. The molecule has 1 heterocycles. The van der Waals surface area contributed by atoms with E-state index in [1.807, 2.05) is 18.2 Å². The molecule has 1 atom stereocenters. The van der Waals surface area contributed by atoms with Crippen LogP contribution in [0.25, 0.3) is 0 Å². The summed E-state index contributed by atoms with van der Waals surface area (Å²) in [4.78, 5) is 0. The molecule has 0 spiro atoms. The number of anilines is 1. The topological polar surface area (TPSA) is 33.3 Å². The molecule has 0 aliphatic carbocycles. The molecule has 2 N–H and O–H groups in total. The number of nitrogens with one attached hydrogen (secondary N) is 2. The standard InChI is InChI=1S/C13H20N2O/c1-16-13-4-2-3-12(9-13)15-8-6-11-5-7-14-10-11/h2-4,9,11,14-15H,5-8,10H2,1H3. The number of hydrogen-bond acceptors (Lipinski definition) is 3. The van der Waals surface area contributed by atoms with Crippen LogP contribution in [0.15, 0.2) is 24.3 Å². The second kappa shape index (κ2) is 5.75. The molecule has 1 aromatic rings. The third-order valence-corrected chi connectivity index (χ3v) is 3.11. The number of methoxy groups -OCH3 is 1. The minimum atomic E-state index is 0.845. The van der Waals surface area contributed by atoms with Crippen molar-refractivity contribution in [2.24, 2.45) is 5.92 Å². The number of hydrogen-bond donors (Lipinski definition) is 2. The van der Waals surface area contributed by atoms with Crippen LogP contribution in [0.2, 0.25) is 0 Å². The van der Waals surface area contributed by atoms with Crippen molar-refractivity contribution < 1.29 is 4.74 Å². The van der Waals surface area contributed by atoms with E-state index in [2.05, 4.69) is 16.7 Å². The SMILES string of the molecule is COc1cccc(NCCC2CCNC2)c1. The average Bonchev–Trinajstić information content (AvgIpc) is 2.82. The van der Waals surface area contributed by atoms with Gasteiger partial charge < -0.3 is 15.4 Å². The summed E-state index contributed by atoms with van der Waals surface area (Å²) in [5, 5.41) is 6.83. The van der Waals surface area contributed by atoms with E-state index in [0.29, 0.717) is 0 Å². The van der Waals surface area contributed by atoms with Crippen molar-refractivity contribution in [1.82, 2.24) is 5.32 Å². The third-order valence-electron chi connectivity index (χ3n) is 3.11. The zero-order valence-corrected chi connectivity index (χ0v) is 9.83. The quantitative estimate of drug-likeness (QED) is 0.797. The lowest BCUT2D eigenvalue weighted by molar-refractivity contribution is 0.415. The molecule has 1 unspecified atom stereocenters. The fraction of sp³-hybridized carbons (Fsp3) is 0.538. The van der Waals surface area contributed by atoms with Gasteiger partial charge in [0.15, 0.2) is 0 Å². The van der Waals surface area contributed by atoms with Gasteiger partial charge in [0.1, 0.15) is 5.75 Å². The van der Waals surface area contributed by atoms with Crippen molar-refractivity contribution in [1.29, 1.82) is 0 Å². The van der Waals surface area contributed by atoms with Gasteiger partial charge in [-0.1, -0.05) is 6.07 Å². The second-order valence-electron chi connectivity index (χ2n) is 4.31. The molecule has 3 heteroatoms. The molecular formula is C13H20N2O. The molecular weight excluding hydrogens is 200 g/mol. The third kappa shape index (κ3) is 3.14. The Morgan fingerprint density at radius 1 is 1.50 bits per heavy atom. The number of rotatable bonds is 5. The molecule has 1 aliphatic rings. The van der Waals surface area contributed by atoms with Crippen molar-refractivity contribution in [3.05, 3.63) is 24.3 Å². The van der Waals surface area contributed by atoms with E-state index in [0.717, 1.165) is 23.9 Å². The van der Waals surface area contributed by atoms with Crippen molar-refractivity contribution in [2.45, 2.75) is 12.8 Å². The predicted molar refractivity (Wildman–Crippen MR) is 67.1 cm³/mol. The zero-order valence-electron chi connectivity index (χ0n) is 9.83. The van der Waals surface area contributed by atoms with E-state index in [-0.39, 0.29) is 0 Å². The van der Waals surface area contributed by atoms with E-state index in [1.165, 1.54) is 25.9 Å². The Kier molecular flexibility index (Phi) is 4.05. The van der Waals surface area contributed by atoms with Gasteiger partial charge in [0.25, 0.3) is 0 Å². The molecule has 88 valence electrons. The van der Waals surface area contributed by atoms with Gasteiger partial charge in [0.2, 0.25) is 0 Å². The van der Waals surface area contributed by atoms with Crippen LogP contribution in [0.4, 0.5) is 5.69 Å². The Bertz CT molecular complexity index is 321. The lowest BCUT2D eigenvalue weighted by Gasteiger charge is -2.11. The molecule has 0 radical (unpaired) electrons. The van der Waals surface area contributed by atoms with Crippen LogP contribution in [-0.2, 0) is 0 Å². The van der Waals surface area contributed by atoms with Crippen LogP contribution in [0.1, 0.15) is 12.8 Å². The minimum absolute atomic E-state index is 0.845. The molecule has 1 aliphatic heterocycles. The highest BCUT2D eigenvalue weighted by Gasteiger charge is 2.13. The van der Waals surface area contributed by atoms with Crippen LogP contribution < -0.4 is 15.4 Å². The van der Waals surface area contributed by atoms with Gasteiger partial charge in [-0.3, -0.25) is 0 Å². The fourth-order valence-electron chi connectivity index (χ4n) is 2.11. The molecule has 2 rings (SSSR count).